The second kappa shape index (κ2) is 11.9. The molecule has 0 spiro atoms. The molecule has 0 saturated carbocycles. The molecule has 0 unspecified atom stereocenters. The summed E-state index contributed by atoms with van der Waals surface area (Å²) >= 11 is 0. The molecule has 9 rings (SSSR count). The SMILES string of the molecule is N#Cc1ccc2c(c1)c1c(n2-c2ccccc2-c2ccc(-c3cc(-n4c5ccccc5c5cc(C#N)ccc54)ccc3C#N)cc2)C=CCC=C1. The van der Waals surface area contributed by atoms with Crippen LogP contribution < -0.4 is 0 Å². The number of rotatable bonds is 4. The molecule has 8 aromatic rings. The molecule has 0 amide bonds. The second-order valence-electron chi connectivity index (χ2n) is 12.7. The van der Waals surface area contributed by atoms with E-state index in [1.165, 1.54) is 0 Å². The molecular formula is C46H27N5. The van der Waals surface area contributed by atoms with E-state index >= 15 is 0 Å². The Hall–Kier alpha value is -7.39. The fourth-order valence-corrected chi connectivity index (χ4v) is 7.52. The van der Waals surface area contributed by atoms with Gasteiger partial charge in [0, 0.05) is 38.5 Å². The molecule has 1 aliphatic carbocycles. The molecule has 0 atom stereocenters. The van der Waals surface area contributed by atoms with Gasteiger partial charge in [-0.25, -0.2) is 0 Å². The Balaban J connectivity index is 1.17. The van der Waals surface area contributed by atoms with Gasteiger partial charge in [-0.3, -0.25) is 0 Å². The zero-order valence-corrected chi connectivity index (χ0v) is 27.4. The molecule has 0 N–H and O–H groups in total. The Bertz CT molecular complexity index is 2910. The van der Waals surface area contributed by atoms with Crippen LogP contribution in [0.15, 0.2) is 140 Å². The molecule has 2 aromatic heterocycles. The number of nitrogens with zero attached hydrogens (tertiary/aromatic N) is 5. The van der Waals surface area contributed by atoms with Gasteiger partial charge in [0.15, 0.2) is 0 Å². The average Bonchev–Trinajstić information content (AvgIpc) is 3.56. The smallest absolute Gasteiger partial charge is 0.0998 e. The number of hydrogen-bond donors (Lipinski definition) is 0. The minimum absolute atomic E-state index is 0.595. The third kappa shape index (κ3) is 4.75. The van der Waals surface area contributed by atoms with Gasteiger partial charge in [0.05, 0.1) is 62.8 Å². The molecule has 2 heterocycles. The normalized spacial score (nSPS) is 12.0. The van der Waals surface area contributed by atoms with Gasteiger partial charge in [-0.05, 0) is 90.4 Å². The number of fused-ring (bicyclic) bond motifs is 6. The van der Waals surface area contributed by atoms with E-state index in [-0.39, 0.29) is 0 Å². The lowest BCUT2D eigenvalue weighted by atomic mass is 9.96. The molecule has 0 radical (unpaired) electrons. The Morgan fingerprint density at radius 3 is 1.90 bits per heavy atom. The summed E-state index contributed by atoms with van der Waals surface area (Å²) in [6, 6.07) is 49.7. The van der Waals surface area contributed by atoms with Crippen LogP contribution in [0.3, 0.4) is 0 Å². The third-order valence-corrected chi connectivity index (χ3v) is 9.84. The first-order valence-corrected chi connectivity index (χ1v) is 16.8. The van der Waals surface area contributed by atoms with Crippen molar-refractivity contribution in [2.24, 2.45) is 0 Å². The van der Waals surface area contributed by atoms with Crippen molar-refractivity contribution in [1.29, 1.82) is 15.8 Å². The van der Waals surface area contributed by atoms with E-state index in [1.54, 1.807) is 0 Å². The predicted octanol–water partition coefficient (Wildman–Crippen LogP) is 11.1. The highest BCUT2D eigenvalue weighted by molar-refractivity contribution is 6.09. The number of nitriles is 3. The summed E-state index contributed by atoms with van der Waals surface area (Å²) in [5.41, 5.74) is 13.0. The summed E-state index contributed by atoms with van der Waals surface area (Å²) < 4.78 is 4.50. The van der Waals surface area contributed by atoms with Crippen molar-refractivity contribution in [3.8, 4) is 51.8 Å². The van der Waals surface area contributed by atoms with Crippen molar-refractivity contribution in [3.63, 3.8) is 0 Å². The van der Waals surface area contributed by atoms with E-state index in [0.29, 0.717) is 16.7 Å². The van der Waals surface area contributed by atoms with Crippen molar-refractivity contribution >= 4 is 44.9 Å². The van der Waals surface area contributed by atoms with Crippen molar-refractivity contribution < 1.29 is 0 Å². The van der Waals surface area contributed by atoms with Crippen LogP contribution >= 0.6 is 0 Å². The highest BCUT2D eigenvalue weighted by atomic mass is 15.0. The Morgan fingerprint density at radius 1 is 0.490 bits per heavy atom. The summed E-state index contributed by atoms with van der Waals surface area (Å²) in [6.07, 6.45) is 9.52. The summed E-state index contributed by atoms with van der Waals surface area (Å²) in [4.78, 5) is 0. The molecule has 1 aliphatic rings. The highest BCUT2D eigenvalue weighted by Crippen LogP contribution is 2.39. The summed E-state index contributed by atoms with van der Waals surface area (Å²) in [5, 5.41) is 32.6. The number of hydrogen-bond acceptors (Lipinski definition) is 3. The van der Waals surface area contributed by atoms with Gasteiger partial charge in [0.25, 0.3) is 0 Å². The molecular weight excluding hydrogens is 623 g/mol. The maximum absolute atomic E-state index is 10.2. The number of allylic oxidation sites excluding steroid dienone is 2. The lowest BCUT2D eigenvalue weighted by Gasteiger charge is -2.16. The molecule has 51 heavy (non-hydrogen) atoms. The highest BCUT2D eigenvalue weighted by Gasteiger charge is 2.20. The van der Waals surface area contributed by atoms with Crippen LogP contribution in [0.4, 0.5) is 0 Å². The van der Waals surface area contributed by atoms with E-state index < -0.39 is 0 Å². The van der Waals surface area contributed by atoms with Gasteiger partial charge >= 0.3 is 0 Å². The minimum Gasteiger partial charge on any atom is -0.309 e. The van der Waals surface area contributed by atoms with Crippen molar-refractivity contribution in [1.82, 2.24) is 9.13 Å². The number of aromatic nitrogens is 2. The number of para-hydroxylation sites is 2. The van der Waals surface area contributed by atoms with E-state index in [1.807, 2.05) is 60.7 Å². The van der Waals surface area contributed by atoms with Gasteiger partial charge in [-0.1, -0.05) is 78.9 Å². The maximum Gasteiger partial charge on any atom is 0.0998 e. The van der Waals surface area contributed by atoms with Crippen LogP contribution in [0.2, 0.25) is 0 Å². The molecule has 0 fully saturated rings. The van der Waals surface area contributed by atoms with Crippen molar-refractivity contribution in [2.45, 2.75) is 6.42 Å². The first kappa shape index (κ1) is 29.7. The second-order valence-corrected chi connectivity index (χ2v) is 12.7. The number of benzene rings is 6. The topological polar surface area (TPSA) is 81.2 Å². The average molecular weight is 650 g/mol. The monoisotopic (exact) mass is 649 g/mol. The van der Waals surface area contributed by atoms with E-state index in [9.17, 15) is 15.8 Å². The van der Waals surface area contributed by atoms with E-state index in [2.05, 4.69) is 118 Å². The van der Waals surface area contributed by atoms with Crippen molar-refractivity contribution in [2.75, 3.05) is 0 Å². The van der Waals surface area contributed by atoms with E-state index in [0.717, 1.165) is 84.0 Å². The Labute approximate surface area is 294 Å². The van der Waals surface area contributed by atoms with Crippen LogP contribution in [0.1, 0.15) is 34.4 Å². The van der Waals surface area contributed by atoms with Gasteiger partial charge in [-0.2, -0.15) is 15.8 Å². The molecule has 0 aliphatic heterocycles. The lowest BCUT2D eigenvalue weighted by Crippen LogP contribution is -2.00. The lowest BCUT2D eigenvalue weighted by molar-refractivity contribution is 1.11. The van der Waals surface area contributed by atoms with Crippen molar-refractivity contribution in [3.05, 3.63) is 167 Å². The van der Waals surface area contributed by atoms with Crippen LogP contribution in [0, 0.1) is 34.0 Å². The predicted molar refractivity (Wildman–Crippen MR) is 205 cm³/mol. The molecule has 0 bridgehead atoms. The summed E-state index contributed by atoms with van der Waals surface area (Å²) in [7, 11) is 0. The van der Waals surface area contributed by atoms with Gasteiger partial charge in [-0.15, -0.1) is 0 Å². The fraction of sp³-hybridized carbons (Fsp3) is 0.0217. The first-order valence-electron chi connectivity index (χ1n) is 16.8. The molecule has 6 aromatic carbocycles. The van der Waals surface area contributed by atoms with Gasteiger partial charge in [0.2, 0.25) is 0 Å². The summed E-state index contributed by atoms with van der Waals surface area (Å²) in [5.74, 6) is 0. The standard InChI is InChI=1S/C46H27N5/c47-27-30-14-22-45-40(24-30)37-10-5-7-13-43(37)50(45)35-21-20-34(29-49)39(26-35)33-18-16-32(17-19-33)36-8-4-6-12-42(36)51-44-11-3-1-2-9-38(44)41-25-31(28-48)15-23-46(41)51/h2-26H,1H2. The fourth-order valence-electron chi connectivity index (χ4n) is 7.52. The van der Waals surface area contributed by atoms with Crippen LogP contribution in [-0.4, -0.2) is 9.13 Å². The Kier molecular flexibility index (Phi) is 6.96. The quantitative estimate of drug-likeness (QED) is 0.190. The Morgan fingerprint density at radius 2 is 1.14 bits per heavy atom. The molecule has 5 nitrogen and oxygen atoms in total. The third-order valence-electron chi connectivity index (χ3n) is 9.84. The van der Waals surface area contributed by atoms with E-state index in [4.69, 9.17) is 0 Å². The summed E-state index contributed by atoms with van der Waals surface area (Å²) in [6.45, 7) is 0. The van der Waals surface area contributed by atoms with Gasteiger partial charge < -0.3 is 9.13 Å². The molecule has 0 saturated heterocycles. The van der Waals surface area contributed by atoms with Crippen LogP contribution in [0.5, 0.6) is 0 Å². The maximum atomic E-state index is 10.2. The van der Waals surface area contributed by atoms with Gasteiger partial charge in [0.1, 0.15) is 0 Å². The van der Waals surface area contributed by atoms with Crippen LogP contribution in [0.25, 0.3) is 78.5 Å². The van der Waals surface area contributed by atoms with Crippen LogP contribution in [-0.2, 0) is 0 Å². The first-order chi connectivity index (χ1) is 25.2. The molecule has 5 heteroatoms. The minimum atomic E-state index is 0.595. The molecule has 236 valence electrons. The largest absolute Gasteiger partial charge is 0.309 e. The zero-order valence-electron chi connectivity index (χ0n) is 27.4. The zero-order chi connectivity index (χ0) is 34.5.